The predicted molar refractivity (Wildman–Crippen MR) is 77.8 cm³/mol. The molecule has 0 aliphatic carbocycles. The Balaban J connectivity index is 1.80. The van der Waals surface area contributed by atoms with Crippen LogP contribution in [0.4, 0.5) is 4.39 Å². The number of aromatic nitrogens is 4. The van der Waals surface area contributed by atoms with Crippen LogP contribution in [0.3, 0.4) is 0 Å². The SMILES string of the molecule is Cc1ccnc2nc(C(=O)N[C@H](C)c3ccc(F)cc3)nn12. The molecule has 0 bridgehead atoms. The standard InChI is InChI=1S/C15H14FN5O/c1-9-7-8-17-15-19-13(20-21(9)15)14(22)18-10(2)11-3-5-12(16)6-4-11/h3-8,10H,1-2H3,(H,18,22)/t10-/m1/s1. The number of halogens is 1. The van der Waals surface area contributed by atoms with Gasteiger partial charge in [0.25, 0.3) is 11.7 Å². The van der Waals surface area contributed by atoms with Gasteiger partial charge in [-0.1, -0.05) is 12.1 Å². The van der Waals surface area contributed by atoms with E-state index in [4.69, 9.17) is 0 Å². The number of nitrogens with one attached hydrogen (secondary N) is 1. The second-order valence-corrected chi connectivity index (χ2v) is 4.98. The first kappa shape index (κ1) is 14.1. The maximum absolute atomic E-state index is 12.9. The van der Waals surface area contributed by atoms with Crippen molar-refractivity contribution in [2.45, 2.75) is 19.9 Å². The van der Waals surface area contributed by atoms with Gasteiger partial charge < -0.3 is 5.32 Å². The van der Waals surface area contributed by atoms with E-state index in [-0.39, 0.29) is 17.7 Å². The van der Waals surface area contributed by atoms with Crippen molar-refractivity contribution in [1.82, 2.24) is 24.9 Å². The maximum atomic E-state index is 12.9. The third-order valence-electron chi connectivity index (χ3n) is 3.35. The molecule has 1 amide bonds. The lowest BCUT2D eigenvalue weighted by Gasteiger charge is -2.12. The van der Waals surface area contributed by atoms with Crippen LogP contribution in [-0.2, 0) is 0 Å². The fourth-order valence-corrected chi connectivity index (χ4v) is 2.10. The topological polar surface area (TPSA) is 72.2 Å². The second-order valence-electron chi connectivity index (χ2n) is 4.98. The number of carbonyl (C=O) groups is 1. The Morgan fingerprint density at radius 1 is 1.27 bits per heavy atom. The van der Waals surface area contributed by atoms with Crippen LogP contribution in [-0.4, -0.2) is 25.5 Å². The molecule has 0 radical (unpaired) electrons. The van der Waals surface area contributed by atoms with Crippen molar-refractivity contribution in [1.29, 1.82) is 0 Å². The fraction of sp³-hybridized carbons (Fsp3) is 0.200. The minimum absolute atomic E-state index is 0.0516. The molecule has 0 unspecified atom stereocenters. The van der Waals surface area contributed by atoms with E-state index in [2.05, 4.69) is 20.4 Å². The van der Waals surface area contributed by atoms with E-state index < -0.39 is 5.91 Å². The molecule has 7 heteroatoms. The van der Waals surface area contributed by atoms with Gasteiger partial charge >= 0.3 is 0 Å². The van der Waals surface area contributed by atoms with E-state index in [0.29, 0.717) is 5.78 Å². The van der Waals surface area contributed by atoms with Gasteiger partial charge in [0.15, 0.2) is 0 Å². The molecule has 0 fully saturated rings. The predicted octanol–water partition coefficient (Wildman–Crippen LogP) is 2.06. The van der Waals surface area contributed by atoms with Crippen molar-refractivity contribution in [3.05, 3.63) is 59.4 Å². The van der Waals surface area contributed by atoms with E-state index in [1.54, 1.807) is 24.4 Å². The minimum Gasteiger partial charge on any atom is -0.343 e. The van der Waals surface area contributed by atoms with Gasteiger partial charge in [0.05, 0.1) is 6.04 Å². The van der Waals surface area contributed by atoms with Crippen molar-refractivity contribution in [3.8, 4) is 0 Å². The third-order valence-corrected chi connectivity index (χ3v) is 3.35. The summed E-state index contributed by atoms with van der Waals surface area (Å²) in [6.45, 7) is 3.66. The average molecular weight is 299 g/mol. The molecule has 0 spiro atoms. The summed E-state index contributed by atoms with van der Waals surface area (Å²) in [6.07, 6.45) is 1.61. The Hall–Kier alpha value is -2.83. The molecule has 2 aromatic heterocycles. The Morgan fingerprint density at radius 2 is 2.00 bits per heavy atom. The van der Waals surface area contributed by atoms with E-state index in [0.717, 1.165) is 11.3 Å². The highest BCUT2D eigenvalue weighted by Crippen LogP contribution is 2.13. The van der Waals surface area contributed by atoms with E-state index in [1.807, 2.05) is 13.8 Å². The number of nitrogens with zero attached hydrogens (tertiary/aromatic N) is 4. The number of carbonyl (C=O) groups excluding carboxylic acids is 1. The highest BCUT2D eigenvalue weighted by molar-refractivity contribution is 5.91. The van der Waals surface area contributed by atoms with E-state index >= 15 is 0 Å². The second kappa shape index (κ2) is 5.51. The molecule has 22 heavy (non-hydrogen) atoms. The average Bonchev–Trinajstić information content (AvgIpc) is 2.93. The summed E-state index contributed by atoms with van der Waals surface area (Å²) < 4.78 is 14.4. The summed E-state index contributed by atoms with van der Waals surface area (Å²) in [4.78, 5) is 20.4. The van der Waals surface area contributed by atoms with Gasteiger partial charge in [-0.05, 0) is 37.6 Å². The summed E-state index contributed by atoms with van der Waals surface area (Å²) in [7, 11) is 0. The zero-order valence-electron chi connectivity index (χ0n) is 12.1. The molecular formula is C15H14FN5O. The molecule has 6 nitrogen and oxygen atoms in total. The van der Waals surface area contributed by atoms with Crippen LogP contribution in [0.2, 0.25) is 0 Å². The summed E-state index contributed by atoms with van der Waals surface area (Å²) in [6, 6.07) is 7.47. The van der Waals surface area contributed by atoms with Crippen molar-refractivity contribution in [2.75, 3.05) is 0 Å². The van der Waals surface area contributed by atoms with Gasteiger partial charge in [0, 0.05) is 11.9 Å². The lowest BCUT2D eigenvalue weighted by Crippen LogP contribution is -2.27. The molecule has 112 valence electrons. The molecule has 0 saturated carbocycles. The molecule has 0 aliphatic rings. The first-order valence-corrected chi connectivity index (χ1v) is 6.79. The monoisotopic (exact) mass is 299 g/mol. The van der Waals surface area contributed by atoms with Crippen LogP contribution in [0.15, 0.2) is 36.5 Å². The van der Waals surface area contributed by atoms with Crippen LogP contribution in [0.5, 0.6) is 0 Å². The highest BCUT2D eigenvalue weighted by atomic mass is 19.1. The van der Waals surface area contributed by atoms with Crippen LogP contribution < -0.4 is 5.32 Å². The first-order valence-electron chi connectivity index (χ1n) is 6.79. The van der Waals surface area contributed by atoms with Gasteiger partial charge in [-0.2, -0.15) is 4.98 Å². The third kappa shape index (κ3) is 2.65. The molecule has 1 N–H and O–H groups in total. The summed E-state index contributed by atoms with van der Waals surface area (Å²) >= 11 is 0. The van der Waals surface area contributed by atoms with Crippen LogP contribution in [0, 0.1) is 12.7 Å². The molecule has 3 rings (SSSR count). The Morgan fingerprint density at radius 3 is 2.68 bits per heavy atom. The molecular weight excluding hydrogens is 285 g/mol. The van der Waals surface area contributed by atoms with E-state index in [1.165, 1.54) is 16.6 Å². The fourth-order valence-electron chi connectivity index (χ4n) is 2.10. The number of fused-ring (bicyclic) bond motifs is 1. The Kier molecular flexibility index (Phi) is 3.54. The van der Waals surface area contributed by atoms with Crippen LogP contribution in [0.1, 0.15) is 34.8 Å². The van der Waals surface area contributed by atoms with Gasteiger partial charge in [0.1, 0.15) is 5.82 Å². The van der Waals surface area contributed by atoms with Crippen LogP contribution in [0.25, 0.3) is 5.78 Å². The molecule has 0 aliphatic heterocycles. The Bertz CT molecular complexity index is 828. The maximum Gasteiger partial charge on any atom is 0.291 e. The Labute approximate surface area is 126 Å². The largest absolute Gasteiger partial charge is 0.343 e. The van der Waals surface area contributed by atoms with Crippen LogP contribution >= 0.6 is 0 Å². The number of amides is 1. The molecule has 2 heterocycles. The lowest BCUT2D eigenvalue weighted by atomic mass is 10.1. The summed E-state index contributed by atoms with van der Waals surface area (Å²) in [5.74, 6) is -0.289. The van der Waals surface area contributed by atoms with Crippen molar-refractivity contribution in [3.63, 3.8) is 0 Å². The number of aryl methyl sites for hydroxylation is 1. The first-order chi connectivity index (χ1) is 10.5. The molecule has 0 saturated heterocycles. The highest BCUT2D eigenvalue weighted by Gasteiger charge is 2.17. The zero-order chi connectivity index (χ0) is 15.7. The molecule has 1 atom stereocenters. The lowest BCUT2D eigenvalue weighted by molar-refractivity contribution is 0.0929. The summed E-state index contributed by atoms with van der Waals surface area (Å²) in [5.41, 5.74) is 1.64. The quantitative estimate of drug-likeness (QED) is 0.803. The van der Waals surface area contributed by atoms with Crippen molar-refractivity contribution >= 4 is 11.7 Å². The van der Waals surface area contributed by atoms with Gasteiger partial charge in [0.2, 0.25) is 5.82 Å². The number of hydrogen-bond donors (Lipinski definition) is 1. The number of rotatable bonds is 3. The molecule has 1 aromatic carbocycles. The molecule has 3 aromatic rings. The van der Waals surface area contributed by atoms with Gasteiger partial charge in [-0.15, -0.1) is 5.10 Å². The minimum atomic E-state index is -0.401. The zero-order valence-corrected chi connectivity index (χ0v) is 12.1. The van der Waals surface area contributed by atoms with Gasteiger partial charge in [-0.3, -0.25) is 4.79 Å². The summed E-state index contributed by atoms with van der Waals surface area (Å²) in [5, 5.41) is 6.93. The van der Waals surface area contributed by atoms with Gasteiger partial charge in [-0.25, -0.2) is 13.9 Å². The van der Waals surface area contributed by atoms with Crippen molar-refractivity contribution in [2.24, 2.45) is 0 Å². The number of hydrogen-bond acceptors (Lipinski definition) is 4. The van der Waals surface area contributed by atoms with Crippen molar-refractivity contribution < 1.29 is 9.18 Å². The number of benzene rings is 1. The smallest absolute Gasteiger partial charge is 0.291 e. The van der Waals surface area contributed by atoms with E-state index in [9.17, 15) is 9.18 Å². The normalized spacial score (nSPS) is 12.3.